The number of benzene rings is 1. The minimum Gasteiger partial charge on any atom is -0.493 e. The van der Waals surface area contributed by atoms with Crippen LogP contribution in [0, 0.1) is 5.41 Å². The van der Waals surface area contributed by atoms with Gasteiger partial charge >= 0.3 is 0 Å². The summed E-state index contributed by atoms with van der Waals surface area (Å²) in [7, 11) is 1.74. The fraction of sp³-hybridized carbons (Fsp3) is 0.611. The van der Waals surface area contributed by atoms with E-state index in [9.17, 15) is 9.18 Å². The average molecular weight is 306 g/mol. The Labute approximate surface area is 130 Å². The van der Waals surface area contributed by atoms with E-state index in [1.54, 1.807) is 7.11 Å². The molecule has 1 saturated carbocycles. The van der Waals surface area contributed by atoms with E-state index in [0.29, 0.717) is 24.9 Å². The highest BCUT2D eigenvalue weighted by molar-refractivity contribution is 6.05. The molecule has 120 valence electrons. The first-order valence-electron chi connectivity index (χ1n) is 8.08. The standard InChI is InChI=1S/C18H23FO3/c1-21-14-5-7-18(8-6-14)12-13-3-4-15(22-10-2-9-19)11-16(13)17(18)20/h3-4,11,14H,2,5-10,12H2,1H3. The van der Waals surface area contributed by atoms with Crippen LogP contribution in [0.1, 0.15) is 48.0 Å². The highest BCUT2D eigenvalue weighted by Gasteiger charge is 2.47. The smallest absolute Gasteiger partial charge is 0.169 e. The number of hydrogen-bond donors (Lipinski definition) is 0. The lowest BCUT2D eigenvalue weighted by Crippen LogP contribution is -2.35. The molecule has 2 aliphatic rings. The Hall–Kier alpha value is -1.42. The summed E-state index contributed by atoms with van der Waals surface area (Å²) in [6, 6.07) is 5.73. The van der Waals surface area contributed by atoms with E-state index in [4.69, 9.17) is 9.47 Å². The minimum absolute atomic E-state index is 0.227. The first-order valence-corrected chi connectivity index (χ1v) is 8.08. The first-order chi connectivity index (χ1) is 10.7. The Morgan fingerprint density at radius 1 is 1.32 bits per heavy atom. The van der Waals surface area contributed by atoms with Gasteiger partial charge in [0.2, 0.25) is 0 Å². The number of alkyl halides is 1. The monoisotopic (exact) mass is 306 g/mol. The summed E-state index contributed by atoms with van der Waals surface area (Å²) in [6.07, 6.45) is 5.22. The van der Waals surface area contributed by atoms with Gasteiger partial charge in [-0.3, -0.25) is 9.18 Å². The molecule has 3 rings (SSSR count). The lowest BCUT2D eigenvalue weighted by Gasteiger charge is -2.35. The predicted molar refractivity (Wildman–Crippen MR) is 82.3 cm³/mol. The number of carbonyl (C=O) groups excluding carboxylic acids is 1. The van der Waals surface area contributed by atoms with Gasteiger partial charge in [0.15, 0.2) is 5.78 Å². The van der Waals surface area contributed by atoms with Gasteiger partial charge in [0.25, 0.3) is 0 Å². The van der Waals surface area contributed by atoms with E-state index in [0.717, 1.165) is 43.2 Å². The number of hydrogen-bond acceptors (Lipinski definition) is 3. The van der Waals surface area contributed by atoms with Crippen LogP contribution in [0.2, 0.25) is 0 Å². The Morgan fingerprint density at radius 2 is 2.09 bits per heavy atom. The van der Waals surface area contributed by atoms with Crippen molar-refractivity contribution in [2.75, 3.05) is 20.4 Å². The molecule has 0 bridgehead atoms. The second kappa shape index (κ2) is 6.37. The molecule has 1 fully saturated rings. The van der Waals surface area contributed by atoms with Crippen molar-refractivity contribution in [2.45, 2.75) is 44.6 Å². The van der Waals surface area contributed by atoms with Crippen LogP contribution in [0.4, 0.5) is 4.39 Å². The molecule has 0 radical (unpaired) electrons. The zero-order valence-corrected chi connectivity index (χ0v) is 13.1. The molecule has 0 aliphatic heterocycles. The Kier molecular flexibility index (Phi) is 4.48. The zero-order chi connectivity index (χ0) is 15.6. The van der Waals surface area contributed by atoms with E-state index in [-0.39, 0.29) is 17.9 Å². The van der Waals surface area contributed by atoms with Crippen molar-refractivity contribution >= 4 is 5.78 Å². The zero-order valence-electron chi connectivity index (χ0n) is 13.1. The van der Waals surface area contributed by atoms with Crippen molar-refractivity contribution in [3.05, 3.63) is 29.3 Å². The van der Waals surface area contributed by atoms with E-state index >= 15 is 0 Å². The van der Waals surface area contributed by atoms with Crippen LogP contribution in [-0.2, 0) is 11.2 Å². The number of carbonyl (C=O) groups is 1. The maximum absolute atomic E-state index is 12.9. The van der Waals surface area contributed by atoms with Gasteiger partial charge in [0.1, 0.15) is 5.75 Å². The summed E-state index contributed by atoms with van der Waals surface area (Å²) in [6.45, 7) is -0.0300. The van der Waals surface area contributed by atoms with Crippen LogP contribution in [-0.4, -0.2) is 32.3 Å². The SMILES string of the molecule is COC1CCC2(CC1)Cc1ccc(OCCCF)cc1C2=O. The van der Waals surface area contributed by atoms with Crippen molar-refractivity contribution in [1.82, 2.24) is 0 Å². The summed E-state index contributed by atoms with van der Waals surface area (Å²) in [5.74, 6) is 0.927. The van der Waals surface area contributed by atoms with Gasteiger partial charge in [-0.15, -0.1) is 0 Å². The highest BCUT2D eigenvalue weighted by Crippen LogP contribution is 2.48. The number of rotatable bonds is 5. The van der Waals surface area contributed by atoms with Crippen molar-refractivity contribution in [1.29, 1.82) is 0 Å². The molecule has 0 amide bonds. The number of fused-ring (bicyclic) bond motifs is 1. The molecular formula is C18H23FO3. The fourth-order valence-corrected chi connectivity index (χ4v) is 3.77. The summed E-state index contributed by atoms with van der Waals surface area (Å²) < 4.78 is 23.1. The molecule has 0 atom stereocenters. The molecule has 1 aromatic carbocycles. The number of ketones is 1. The van der Waals surface area contributed by atoms with Gasteiger partial charge in [-0.05, 0) is 49.8 Å². The summed E-state index contributed by atoms with van der Waals surface area (Å²) in [5.41, 5.74) is 1.70. The highest BCUT2D eigenvalue weighted by atomic mass is 19.1. The van der Waals surface area contributed by atoms with Crippen LogP contribution < -0.4 is 4.74 Å². The normalized spacial score (nSPS) is 27.2. The van der Waals surface area contributed by atoms with E-state index in [1.807, 2.05) is 18.2 Å². The third-order valence-corrected chi connectivity index (χ3v) is 5.11. The van der Waals surface area contributed by atoms with E-state index < -0.39 is 0 Å². The summed E-state index contributed by atoms with van der Waals surface area (Å²) in [4.78, 5) is 12.9. The summed E-state index contributed by atoms with van der Waals surface area (Å²) in [5, 5.41) is 0. The van der Waals surface area contributed by atoms with Crippen molar-refractivity contribution < 1.29 is 18.7 Å². The number of halogens is 1. The molecule has 1 aromatic rings. The second-order valence-electron chi connectivity index (χ2n) is 6.43. The topological polar surface area (TPSA) is 35.5 Å². The van der Waals surface area contributed by atoms with Crippen LogP contribution in [0.5, 0.6) is 5.75 Å². The lowest BCUT2D eigenvalue weighted by molar-refractivity contribution is 0.0285. The fourth-order valence-electron chi connectivity index (χ4n) is 3.77. The Balaban J connectivity index is 1.74. The van der Waals surface area contributed by atoms with Crippen LogP contribution in [0.25, 0.3) is 0 Å². The number of methoxy groups -OCH3 is 1. The first kappa shape index (κ1) is 15.5. The average Bonchev–Trinajstić information content (AvgIpc) is 2.81. The second-order valence-corrected chi connectivity index (χ2v) is 6.43. The molecule has 0 saturated heterocycles. The Morgan fingerprint density at radius 3 is 2.77 bits per heavy atom. The maximum Gasteiger partial charge on any atom is 0.169 e. The quantitative estimate of drug-likeness (QED) is 0.777. The van der Waals surface area contributed by atoms with Crippen LogP contribution in [0.15, 0.2) is 18.2 Å². The number of ether oxygens (including phenoxy) is 2. The third-order valence-electron chi connectivity index (χ3n) is 5.11. The molecule has 0 aromatic heterocycles. The van der Waals surface area contributed by atoms with Gasteiger partial charge in [-0.25, -0.2) is 0 Å². The maximum atomic E-state index is 12.9. The molecule has 2 aliphatic carbocycles. The van der Waals surface area contributed by atoms with Crippen molar-refractivity contribution in [2.24, 2.45) is 5.41 Å². The van der Waals surface area contributed by atoms with Gasteiger partial charge < -0.3 is 9.47 Å². The molecule has 0 unspecified atom stereocenters. The van der Waals surface area contributed by atoms with Crippen LogP contribution >= 0.6 is 0 Å². The molecule has 3 nitrogen and oxygen atoms in total. The third kappa shape index (κ3) is 2.76. The molecule has 0 N–H and O–H groups in total. The number of Topliss-reactive ketones (excluding diaryl/α,β-unsaturated/α-hetero) is 1. The van der Waals surface area contributed by atoms with Crippen molar-refractivity contribution in [3.8, 4) is 5.75 Å². The van der Waals surface area contributed by atoms with Crippen LogP contribution in [0.3, 0.4) is 0 Å². The lowest BCUT2D eigenvalue weighted by atomic mass is 9.70. The summed E-state index contributed by atoms with van der Waals surface area (Å²) >= 11 is 0. The minimum atomic E-state index is -0.381. The van der Waals surface area contributed by atoms with E-state index in [2.05, 4.69) is 0 Å². The van der Waals surface area contributed by atoms with Gasteiger partial charge in [0, 0.05) is 24.5 Å². The molecule has 22 heavy (non-hydrogen) atoms. The molecular weight excluding hydrogens is 283 g/mol. The largest absolute Gasteiger partial charge is 0.493 e. The van der Waals surface area contributed by atoms with Gasteiger partial charge in [0.05, 0.1) is 19.4 Å². The molecule has 4 heteroatoms. The molecule has 0 heterocycles. The van der Waals surface area contributed by atoms with E-state index in [1.165, 1.54) is 0 Å². The predicted octanol–water partition coefficient (Wildman–Crippen LogP) is 3.74. The Bertz CT molecular complexity index is 547. The van der Waals surface area contributed by atoms with Gasteiger partial charge in [-0.1, -0.05) is 6.07 Å². The van der Waals surface area contributed by atoms with Gasteiger partial charge in [-0.2, -0.15) is 0 Å². The van der Waals surface area contributed by atoms with Crippen molar-refractivity contribution in [3.63, 3.8) is 0 Å². The molecule has 1 spiro atoms.